The first-order valence-corrected chi connectivity index (χ1v) is 6.59. The van der Waals surface area contributed by atoms with Gasteiger partial charge in [0.2, 0.25) is 5.91 Å². The highest BCUT2D eigenvalue weighted by molar-refractivity contribution is 5.85. The second-order valence-corrected chi connectivity index (χ2v) is 5.17. The lowest BCUT2D eigenvalue weighted by molar-refractivity contribution is -0.131. The number of carbonyl (C=O) groups excluding carboxylic acids is 1. The van der Waals surface area contributed by atoms with Gasteiger partial charge in [0.25, 0.3) is 0 Å². The van der Waals surface area contributed by atoms with E-state index < -0.39 is 0 Å². The predicted octanol–water partition coefficient (Wildman–Crippen LogP) is 2.62. The van der Waals surface area contributed by atoms with E-state index in [-0.39, 0.29) is 42.2 Å². The van der Waals surface area contributed by atoms with Gasteiger partial charge in [0.1, 0.15) is 0 Å². The van der Waals surface area contributed by atoms with Crippen LogP contribution in [-0.4, -0.2) is 17.4 Å². The minimum Gasteiger partial charge on any atom is -0.349 e. The molecule has 1 saturated carbocycles. The van der Waals surface area contributed by atoms with E-state index in [0.29, 0.717) is 6.54 Å². The fourth-order valence-electron chi connectivity index (χ4n) is 2.64. The largest absolute Gasteiger partial charge is 0.349 e. The number of nitrogens with zero attached hydrogens (tertiary/aromatic N) is 1. The molecule has 0 aromatic carbocycles. The Hall–Kier alpha value is -0.840. The van der Waals surface area contributed by atoms with Crippen LogP contribution >= 0.6 is 24.8 Å². The second kappa shape index (κ2) is 8.45. The first kappa shape index (κ1) is 19.2. The molecule has 6 heteroatoms. The summed E-state index contributed by atoms with van der Waals surface area (Å²) in [5, 5.41) is 3.07. The van der Waals surface area contributed by atoms with Crippen LogP contribution in [0.4, 0.5) is 0 Å². The molecule has 0 saturated heterocycles. The molecule has 0 unspecified atom stereocenters. The summed E-state index contributed by atoms with van der Waals surface area (Å²) in [6, 6.07) is 3.84. The molecule has 0 spiro atoms. The molecule has 0 bridgehead atoms. The van der Waals surface area contributed by atoms with E-state index in [0.717, 1.165) is 31.2 Å². The van der Waals surface area contributed by atoms with Gasteiger partial charge < -0.3 is 11.1 Å². The number of hydrogen-bond acceptors (Lipinski definition) is 3. The Morgan fingerprint density at radius 3 is 2.60 bits per heavy atom. The maximum atomic E-state index is 12.4. The van der Waals surface area contributed by atoms with Gasteiger partial charge in [-0.05, 0) is 31.4 Å². The van der Waals surface area contributed by atoms with Crippen molar-refractivity contribution in [2.24, 2.45) is 11.1 Å². The van der Waals surface area contributed by atoms with E-state index in [4.69, 9.17) is 5.73 Å². The zero-order valence-electron chi connectivity index (χ0n) is 11.7. The number of pyridine rings is 1. The normalized spacial score (nSPS) is 17.5. The van der Waals surface area contributed by atoms with Crippen LogP contribution in [0.25, 0.3) is 0 Å². The lowest BCUT2D eigenvalue weighted by Gasteiger charge is -2.28. The van der Waals surface area contributed by atoms with Crippen LogP contribution in [0.3, 0.4) is 0 Å². The molecular formula is C14H23Cl2N3O. The molecule has 1 aromatic rings. The van der Waals surface area contributed by atoms with Crippen molar-refractivity contribution in [2.45, 2.75) is 38.6 Å². The van der Waals surface area contributed by atoms with Crippen molar-refractivity contribution in [3.05, 3.63) is 30.1 Å². The van der Waals surface area contributed by atoms with E-state index in [9.17, 15) is 4.79 Å². The van der Waals surface area contributed by atoms with Crippen LogP contribution in [0.2, 0.25) is 0 Å². The van der Waals surface area contributed by atoms with Crippen LogP contribution in [0.5, 0.6) is 0 Å². The Bertz CT molecular complexity index is 408. The Kier molecular flexibility index (Phi) is 8.09. The molecule has 1 aromatic heterocycles. The number of halogens is 2. The molecule has 3 N–H and O–H groups in total. The summed E-state index contributed by atoms with van der Waals surface area (Å²) in [5.74, 6) is 0.0962. The molecule has 2 rings (SSSR count). The molecule has 1 aliphatic rings. The second-order valence-electron chi connectivity index (χ2n) is 5.17. The maximum absolute atomic E-state index is 12.4. The lowest BCUT2D eigenvalue weighted by atomic mass is 9.85. The Morgan fingerprint density at radius 2 is 2.10 bits per heavy atom. The third-order valence-corrected chi connectivity index (χ3v) is 3.97. The number of carbonyl (C=O) groups is 1. The molecule has 0 radical (unpaired) electrons. The van der Waals surface area contributed by atoms with E-state index in [2.05, 4.69) is 10.3 Å². The van der Waals surface area contributed by atoms with E-state index in [1.165, 1.54) is 0 Å². The SMILES string of the molecule is C[C@H](NC(=O)C1(CN)CCCC1)c1cccnc1.Cl.Cl. The van der Waals surface area contributed by atoms with Crippen molar-refractivity contribution in [2.75, 3.05) is 6.54 Å². The molecule has 1 aliphatic carbocycles. The zero-order chi connectivity index (χ0) is 13.0. The number of hydrogen-bond donors (Lipinski definition) is 2. The fourth-order valence-corrected chi connectivity index (χ4v) is 2.64. The number of nitrogens with two attached hydrogens (primary N) is 1. The topological polar surface area (TPSA) is 68.0 Å². The fraction of sp³-hybridized carbons (Fsp3) is 0.571. The summed E-state index contributed by atoms with van der Waals surface area (Å²) < 4.78 is 0. The standard InChI is InChI=1S/C14H21N3O.2ClH/c1-11(12-5-4-8-16-9-12)17-13(18)14(10-15)6-2-3-7-14;;/h4-5,8-9,11H,2-3,6-7,10,15H2,1H3,(H,17,18);2*1H/t11-;;/m0../s1. The van der Waals surface area contributed by atoms with Gasteiger partial charge in [-0.25, -0.2) is 0 Å². The molecule has 1 heterocycles. The van der Waals surface area contributed by atoms with Crippen molar-refractivity contribution < 1.29 is 4.79 Å². The summed E-state index contributed by atoms with van der Waals surface area (Å²) in [6.45, 7) is 2.42. The quantitative estimate of drug-likeness (QED) is 0.896. The van der Waals surface area contributed by atoms with Crippen molar-refractivity contribution in [3.8, 4) is 0 Å². The minimum absolute atomic E-state index is 0. The van der Waals surface area contributed by atoms with Crippen LogP contribution < -0.4 is 11.1 Å². The first-order valence-electron chi connectivity index (χ1n) is 6.59. The van der Waals surface area contributed by atoms with E-state index in [1.807, 2.05) is 19.1 Å². The molecule has 0 aliphatic heterocycles. The number of nitrogens with one attached hydrogen (secondary N) is 1. The van der Waals surface area contributed by atoms with Crippen molar-refractivity contribution in [1.82, 2.24) is 10.3 Å². The van der Waals surface area contributed by atoms with Gasteiger partial charge in [-0.2, -0.15) is 0 Å². The van der Waals surface area contributed by atoms with Gasteiger partial charge >= 0.3 is 0 Å². The molecule has 114 valence electrons. The Morgan fingerprint density at radius 1 is 1.45 bits per heavy atom. The predicted molar refractivity (Wildman–Crippen MR) is 85.2 cm³/mol. The van der Waals surface area contributed by atoms with Crippen molar-refractivity contribution >= 4 is 30.7 Å². The van der Waals surface area contributed by atoms with Gasteiger partial charge in [-0.1, -0.05) is 18.9 Å². The van der Waals surface area contributed by atoms with Crippen LogP contribution in [0.15, 0.2) is 24.5 Å². The van der Waals surface area contributed by atoms with Gasteiger partial charge in [-0.3, -0.25) is 9.78 Å². The van der Waals surface area contributed by atoms with Crippen molar-refractivity contribution in [3.63, 3.8) is 0 Å². The molecule has 1 atom stereocenters. The number of rotatable bonds is 4. The smallest absolute Gasteiger partial charge is 0.227 e. The highest BCUT2D eigenvalue weighted by atomic mass is 35.5. The van der Waals surface area contributed by atoms with E-state index in [1.54, 1.807) is 12.4 Å². The molecule has 4 nitrogen and oxygen atoms in total. The molecule has 1 amide bonds. The molecule has 1 fully saturated rings. The summed E-state index contributed by atoms with van der Waals surface area (Å²) >= 11 is 0. The number of amides is 1. The van der Waals surface area contributed by atoms with Gasteiger partial charge in [0.15, 0.2) is 0 Å². The third kappa shape index (κ3) is 4.08. The summed E-state index contributed by atoms with van der Waals surface area (Å²) in [4.78, 5) is 16.4. The van der Waals surface area contributed by atoms with Gasteiger partial charge in [-0.15, -0.1) is 24.8 Å². The third-order valence-electron chi connectivity index (χ3n) is 3.97. The van der Waals surface area contributed by atoms with E-state index >= 15 is 0 Å². The summed E-state index contributed by atoms with van der Waals surface area (Å²) in [6.07, 6.45) is 7.55. The monoisotopic (exact) mass is 319 g/mol. The first-order chi connectivity index (χ1) is 8.68. The minimum atomic E-state index is -0.337. The van der Waals surface area contributed by atoms with Crippen molar-refractivity contribution in [1.29, 1.82) is 0 Å². The molecule has 20 heavy (non-hydrogen) atoms. The summed E-state index contributed by atoms with van der Waals surface area (Å²) in [7, 11) is 0. The Labute approximate surface area is 132 Å². The van der Waals surface area contributed by atoms with Crippen LogP contribution in [0, 0.1) is 5.41 Å². The van der Waals surface area contributed by atoms with Gasteiger partial charge in [0.05, 0.1) is 11.5 Å². The molecular weight excluding hydrogens is 297 g/mol. The zero-order valence-corrected chi connectivity index (χ0v) is 13.3. The number of aromatic nitrogens is 1. The average Bonchev–Trinajstić information content (AvgIpc) is 2.89. The lowest BCUT2D eigenvalue weighted by Crippen LogP contribution is -2.44. The average molecular weight is 320 g/mol. The highest BCUT2D eigenvalue weighted by Gasteiger charge is 2.40. The Balaban J connectivity index is 0.00000180. The highest BCUT2D eigenvalue weighted by Crippen LogP contribution is 2.37. The van der Waals surface area contributed by atoms with Crippen LogP contribution in [-0.2, 0) is 4.79 Å². The van der Waals surface area contributed by atoms with Gasteiger partial charge in [0, 0.05) is 18.9 Å². The summed E-state index contributed by atoms with van der Waals surface area (Å²) in [5.41, 5.74) is 6.50. The maximum Gasteiger partial charge on any atom is 0.227 e. The van der Waals surface area contributed by atoms with Crippen LogP contribution in [0.1, 0.15) is 44.2 Å².